The van der Waals surface area contributed by atoms with Crippen LogP contribution in [0.15, 0.2) is 84.9 Å². The van der Waals surface area contributed by atoms with Crippen LogP contribution in [0.5, 0.6) is 17.2 Å². The molecule has 2 aliphatic carbocycles. The van der Waals surface area contributed by atoms with Gasteiger partial charge >= 0.3 is 11.9 Å². The molecule has 2 fully saturated rings. The number of pyridine rings is 2. The number of hydrogen-bond donors (Lipinski definition) is 2. The molecule has 6 aromatic rings. The van der Waals surface area contributed by atoms with E-state index in [9.17, 15) is 19.2 Å². The summed E-state index contributed by atoms with van der Waals surface area (Å²) in [5.41, 5.74) is 2.67. The topological polar surface area (TPSA) is 179 Å². The van der Waals surface area contributed by atoms with E-state index in [2.05, 4.69) is 33.4 Å². The highest BCUT2D eigenvalue weighted by molar-refractivity contribution is 6.34. The average Bonchev–Trinajstić information content (AvgIpc) is 4.04. The molecule has 0 unspecified atom stereocenters. The van der Waals surface area contributed by atoms with Gasteiger partial charge in [0.1, 0.15) is 39.7 Å². The Labute approximate surface area is 520 Å². The fourth-order valence-corrected chi connectivity index (χ4v) is 11.2. The van der Waals surface area contributed by atoms with E-state index in [1.165, 1.54) is 0 Å². The van der Waals surface area contributed by atoms with Crippen molar-refractivity contribution < 1.29 is 38.1 Å². The third kappa shape index (κ3) is 16.3. The van der Waals surface area contributed by atoms with Crippen LogP contribution in [-0.4, -0.2) is 125 Å². The molecule has 84 heavy (non-hydrogen) atoms. The number of aromatic nitrogens is 4. The van der Waals surface area contributed by atoms with E-state index in [-0.39, 0.29) is 61.9 Å². The van der Waals surface area contributed by atoms with E-state index in [1.807, 2.05) is 64.9 Å². The molecule has 0 aliphatic heterocycles. The van der Waals surface area contributed by atoms with E-state index in [1.54, 1.807) is 60.7 Å². The molecule has 3 aromatic carbocycles. The summed E-state index contributed by atoms with van der Waals surface area (Å²) in [5, 5.41) is 12.2. The monoisotopic (exact) mass is 1250 g/mol. The fourth-order valence-electron chi connectivity index (χ4n) is 10.6. The van der Waals surface area contributed by atoms with E-state index >= 15 is 0 Å². The van der Waals surface area contributed by atoms with E-state index < -0.39 is 34.8 Å². The first-order valence-electron chi connectivity index (χ1n) is 28.6. The van der Waals surface area contributed by atoms with Gasteiger partial charge in [-0.25, -0.2) is 24.2 Å². The van der Waals surface area contributed by atoms with Gasteiger partial charge in [-0.15, -0.1) is 24.8 Å². The number of carbonyl (C=O) groups is 4. The summed E-state index contributed by atoms with van der Waals surface area (Å²) >= 11 is 20.2. The Balaban J connectivity index is 0.00000566. The Morgan fingerprint density at radius 1 is 0.571 bits per heavy atom. The molecule has 2 amide bonds. The van der Waals surface area contributed by atoms with Gasteiger partial charge in [0, 0.05) is 46.1 Å². The van der Waals surface area contributed by atoms with Gasteiger partial charge in [-0.3, -0.25) is 9.59 Å². The lowest BCUT2D eigenvalue weighted by Crippen LogP contribution is -2.61. The summed E-state index contributed by atoms with van der Waals surface area (Å²) in [6, 6.07) is 24.8. The molecule has 0 spiro atoms. The molecule has 2 aliphatic rings. The van der Waals surface area contributed by atoms with Crippen molar-refractivity contribution in [2.45, 2.75) is 122 Å². The van der Waals surface area contributed by atoms with E-state index in [0.29, 0.717) is 124 Å². The van der Waals surface area contributed by atoms with Crippen molar-refractivity contribution in [3.63, 3.8) is 0 Å². The Kier molecular flexibility index (Phi) is 24.7. The van der Waals surface area contributed by atoms with Crippen molar-refractivity contribution in [2.24, 2.45) is 0 Å². The maximum absolute atomic E-state index is 14.8. The molecule has 0 saturated heterocycles. The van der Waals surface area contributed by atoms with Crippen LogP contribution in [-0.2, 0) is 27.2 Å². The second-order valence-corrected chi connectivity index (χ2v) is 22.9. The molecule has 0 atom stereocenters. The molecule has 8 rings (SSSR count). The Morgan fingerprint density at radius 2 is 1.07 bits per heavy atom. The number of nitrogens with one attached hydrogen (secondary N) is 2. The molecule has 2 saturated carbocycles. The lowest BCUT2D eigenvalue weighted by molar-refractivity contribution is -0.170. The van der Waals surface area contributed by atoms with Gasteiger partial charge in [0.25, 0.3) is 11.8 Å². The van der Waals surface area contributed by atoms with E-state index in [0.717, 1.165) is 56.6 Å². The maximum atomic E-state index is 14.8. The van der Waals surface area contributed by atoms with Gasteiger partial charge in [0.15, 0.2) is 0 Å². The van der Waals surface area contributed by atoms with Crippen LogP contribution in [0, 0.1) is 0 Å². The zero-order valence-electron chi connectivity index (χ0n) is 48.9. The number of carbonyl (C=O) groups excluding carboxylic acids is 4. The second-order valence-electron chi connectivity index (χ2n) is 21.6. The normalized spacial score (nSPS) is 14.4. The van der Waals surface area contributed by atoms with Crippen LogP contribution in [0.25, 0.3) is 39.3 Å². The zero-order chi connectivity index (χ0) is 58.6. The first-order valence-corrected chi connectivity index (χ1v) is 29.7. The predicted octanol–water partition coefficient (Wildman–Crippen LogP) is 13.3. The third-order valence-corrected chi connectivity index (χ3v) is 16.0. The minimum absolute atomic E-state index is 0. The number of amides is 2. The predicted molar refractivity (Wildman–Crippen MR) is 336 cm³/mol. The second kappa shape index (κ2) is 30.9. The highest BCUT2D eigenvalue weighted by Crippen LogP contribution is 2.41. The molecule has 0 bridgehead atoms. The molecular formula is C63H77Cl5N8O8. The largest absolute Gasteiger partial charge is 0.494 e. The Bertz CT molecular complexity index is 3250. The van der Waals surface area contributed by atoms with Crippen LogP contribution < -0.4 is 24.8 Å². The minimum atomic E-state index is -1.59. The van der Waals surface area contributed by atoms with Crippen molar-refractivity contribution in [2.75, 3.05) is 61.1 Å². The summed E-state index contributed by atoms with van der Waals surface area (Å²) in [7, 11) is 7.99. The van der Waals surface area contributed by atoms with Crippen LogP contribution in [0.4, 0.5) is 0 Å². The number of hydrogen-bond acceptors (Lipinski definition) is 13. The molecule has 3 heterocycles. The van der Waals surface area contributed by atoms with E-state index in [4.69, 9.17) is 68.8 Å². The van der Waals surface area contributed by atoms with Crippen molar-refractivity contribution in [3.8, 4) is 56.6 Å². The number of ether oxygens (including phenoxy) is 4. The van der Waals surface area contributed by atoms with Crippen molar-refractivity contribution in [1.82, 2.24) is 40.2 Å². The van der Waals surface area contributed by atoms with Crippen molar-refractivity contribution in [3.05, 3.63) is 123 Å². The molecule has 3 aromatic heterocycles. The molecule has 16 nitrogen and oxygen atoms in total. The lowest BCUT2D eigenvalue weighted by Gasteiger charge is -2.38. The molecule has 21 heteroatoms. The molecule has 0 radical (unpaired) electrons. The molecular weight excluding hydrogens is 1170 g/mol. The number of aryl methyl sites for hydroxylation is 2. The number of benzene rings is 3. The van der Waals surface area contributed by atoms with Crippen LogP contribution in [0.1, 0.15) is 130 Å². The van der Waals surface area contributed by atoms with Crippen LogP contribution >= 0.6 is 59.6 Å². The van der Waals surface area contributed by atoms with Crippen molar-refractivity contribution >= 4 is 83.4 Å². The van der Waals surface area contributed by atoms with Crippen LogP contribution in [0.3, 0.4) is 0 Å². The number of rotatable bonds is 24. The fraction of sp³-hybridized carbons (Fsp3) is 0.444. The van der Waals surface area contributed by atoms with Gasteiger partial charge in [-0.2, -0.15) is 5.10 Å². The summed E-state index contributed by atoms with van der Waals surface area (Å²) in [6.07, 6.45) is 7.78. The van der Waals surface area contributed by atoms with Gasteiger partial charge in [0.05, 0.1) is 52.6 Å². The maximum Gasteiger partial charge on any atom is 0.339 e. The standard InChI is InChI=1S/C63H75Cl3N8O8.2ClH/c1-8-43-39-44(9-2)74(71-43)53-28-27-52(68-57(53)42-20-24-50(66)55(38-42)81-36-18-34-73(6)7)59(76)70-63(31-15-12-16-32-63)61(78)82-60(77)62(29-13-11-14-30-62)69-58(75)51-26-22-46(47-40-45(79-10-3)21-25-48(47)64)56(67-51)41-19-23-49(65)54(37-41)80-35-17-33-72(4)5;;/h19-28,37-40H,8-18,29-36H2,1-7H3,(H,69,75)(H,70,76);2*1H. The van der Waals surface area contributed by atoms with Gasteiger partial charge < -0.3 is 39.4 Å². The van der Waals surface area contributed by atoms with Crippen molar-refractivity contribution in [1.29, 1.82) is 0 Å². The average molecular weight is 1250 g/mol. The third-order valence-electron chi connectivity index (χ3n) is 15.1. The summed E-state index contributed by atoms with van der Waals surface area (Å²) in [6.45, 7) is 8.93. The summed E-state index contributed by atoms with van der Waals surface area (Å²) in [4.78, 5) is 73.2. The Hall–Kier alpha value is -5.98. The lowest BCUT2D eigenvalue weighted by atomic mass is 9.80. The van der Waals surface area contributed by atoms with Gasteiger partial charge in [-0.05, 0) is 159 Å². The molecule has 452 valence electrons. The summed E-state index contributed by atoms with van der Waals surface area (Å²) < 4.78 is 26.0. The van der Waals surface area contributed by atoms with Gasteiger partial charge in [0.2, 0.25) is 0 Å². The Morgan fingerprint density at radius 3 is 1.57 bits per heavy atom. The van der Waals surface area contributed by atoms with Gasteiger partial charge in [-0.1, -0.05) is 99.3 Å². The first kappa shape index (κ1) is 67.2. The highest BCUT2D eigenvalue weighted by Gasteiger charge is 2.49. The number of halogens is 5. The minimum Gasteiger partial charge on any atom is -0.494 e. The highest BCUT2D eigenvalue weighted by atomic mass is 35.5. The van der Waals surface area contributed by atoms with Crippen LogP contribution in [0.2, 0.25) is 15.1 Å². The number of nitrogens with zero attached hydrogens (tertiary/aromatic N) is 6. The summed E-state index contributed by atoms with van der Waals surface area (Å²) in [5.74, 6) is -1.56. The zero-order valence-corrected chi connectivity index (χ0v) is 52.8. The smallest absolute Gasteiger partial charge is 0.339 e. The number of esters is 2. The SMILES string of the molecule is CCOc1ccc(Cl)c(-c2ccc(C(=O)NC3(C(=O)OC(=O)C4(NC(=O)c5ccc(-n6nc(CC)cc6CC)c(-c6ccc(Cl)c(OCCCN(C)C)c6)n5)CCCCC4)CCCCC3)nc2-c2ccc(Cl)c(OCCCN(C)C)c2)c1.Cl.Cl. The first-order chi connectivity index (χ1) is 39.5. The molecule has 2 N–H and O–H groups in total. The quantitative estimate of drug-likeness (QED) is 0.0332.